The molecule has 4 nitrogen and oxygen atoms in total. The fraction of sp³-hybridized carbons (Fsp3) is 0.477. The normalized spacial score (nSPS) is 14.5. The monoisotopic (exact) mass is 919 g/mol. The topological polar surface area (TPSA) is 57.4 Å². The molecule has 5 heterocycles. The summed E-state index contributed by atoms with van der Waals surface area (Å²) in [7, 11) is 0. The quantitative estimate of drug-likeness (QED) is 0.152. The zero-order valence-electron chi connectivity index (χ0n) is 45.8. The van der Waals surface area contributed by atoms with Crippen molar-refractivity contribution in [1.82, 2.24) is 19.9 Å². The van der Waals surface area contributed by atoms with Gasteiger partial charge in [0.1, 0.15) is 0 Å². The van der Waals surface area contributed by atoms with Gasteiger partial charge in [-0.05, 0) is 164 Å². The van der Waals surface area contributed by atoms with Crippen LogP contribution in [0.4, 0.5) is 0 Å². The zero-order chi connectivity index (χ0) is 50.0. The molecule has 0 aliphatic heterocycles. The molecule has 0 saturated heterocycles. The fourth-order valence-corrected chi connectivity index (χ4v) is 11.7. The van der Waals surface area contributed by atoms with E-state index in [9.17, 15) is 0 Å². The van der Waals surface area contributed by atoms with Crippen LogP contribution in [0.1, 0.15) is 203 Å². The number of aromatic nitrogens is 4. The molecule has 2 N–H and O–H groups in total. The molecular weight excluding hydrogens is 837 g/mol. The minimum absolute atomic E-state index is 0.0282. The molecule has 0 saturated carbocycles. The van der Waals surface area contributed by atoms with Crippen LogP contribution in [0, 0.1) is 0 Å². The van der Waals surface area contributed by atoms with Gasteiger partial charge < -0.3 is 9.97 Å². The van der Waals surface area contributed by atoms with Crippen molar-refractivity contribution in [2.75, 3.05) is 0 Å². The molecule has 5 aromatic heterocycles. The summed E-state index contributed by atoms with van der Waals surface area (Å²) in [5.74, 6) is 0. The molecule has 9 rings (SSSR count). The summed E-state index contributed by atoms with van der Waals surface area (Å²) in [6.07, 6.45) is 7.69. The van der Waals surface area contributed by atoms with Crippen molar-refractivity contribution < 1.29 is 0 Å². The number of aromatic amines is 2. The van der Waals surface area contributed by atoms with Crippen molar-refractivity contribution in [3.05, 3.63) is 106 Å². The summed E-state index contributed by atoms with van der Waals surface area (Å²) in [6.45, 7) is 42.6. The number of H-pyrrole nitrogens is 2. The predicted molar refractivity (Wildman–Crippen MR) is 304 cm³/mol. The van der Waals surface area contributed by atoms with E-state index in [1.807, 2.05) is 0 Å². The van der Waals surface area contributed by atoms with Gasteiger partial charge in [-0.1, -0.05) is 144 Å². The van der Waals surface area contributed by atoms with E-state index in [4.69, 9.17) is 9.97 Å². The van der Waals surface area contributed by atoms with Gasteiger partial charge in [-0.3, -0.25) is 0 Å². The number of hydrogen-bond donors (Lipinski definition) is 2. The lowest BCUT2D eigenvalue weighted by Crippen LogP contribution is -2.21. The van der Waals surface area contributed by atoms with Gasteiger partial charge in [0.05, 0.1) is 44.1 Å². The Balaban J connectivity index is 1.70. The third-order valence-corrected chi connectivity index (χ3v) is 16.4. The maximum absolute atomic E-state index is 5.92. The Labute approximate surface area is 413 Å². The number of benzene rings is 4. The van der Waals surface area contributed by atoms with Gasteiger partial charge in [-0.2, -0.15) is 0 Å². The molecule has 1 atom stereocenters. The SMILES string of the molecule is CCCC(C)(CC)c1cc2nc(c1)c1cc(C(C)(C)C)cc3c4cc(C(C)(C)C)cc(c5cc(C(C)(CCC)CCC)cc(n5)c5cc(C(C)(C)C)cc6c7cc(C(C)(C)C)cc2c7[nH]c56)c4[nH]c13. The molecule has 0 spiro atoms. The van der Waals surface area contributed by atoms with E-state index in [1.54, 1.807) is 0 Å². The van der Waals surface area contributed by atoms with Crippen LogP contribution in [-0.4, -0.2) is 19.9 Å². The van der Waals surface area contributed by atoms with Gasteiger partial charge in [0.15, 0.2) is 0 Å². The Bertz CT molecular complexity index is 3310. The number of hydrogen-bond acceptors (Lipinski definition) is 2. The molecule has 1 unspecified atom stereocenters. The zero-order valence-corrected chi connectivity index (χ0v) is 45.8. The Hall–Kier alpha value is -5.22. The highest BCUT2D eigenvalue weighted by atomic mass is 14.8. The van der Waals surface area contributed by atoms with Crippen LogP contribution < -0.4 is 0 Å². The molecule has 0 radical (unpaired) electrons. The van der Waals surface area contributed by atoms with Crippen LogP contribution >= 0.6 is 0 Å². The lowest BCUT2D eigenvalue weighted by molar-refractivity contribution is 0.392. The lowest BCUT2D eigenvalue weighted by atomic mass is 9.75. The van der Waals surface area contributed by atoms with E-state index in [2.05, 4.69) is 207 Å². The van der Waals surface area contributed by atoms with Crippen LogP contribution in [0.15, 0.2) is 72.8 Å². The van der Waals surface area contributed by atoms with Crippen molar-refractivity contribution in [3.8, 4) is 0 Å². The number of fused-ring (bicyclic) bond motifs is 10. The van der Waals surface area contributed by atoms with E-state index < -0.39 is 0 Å². The lowest BCUT2D eigenvalue weighted by Gasteiger charge is -2.30. The Morgan fingerprint density at radius 1 is 0.304 bits per heavy atom. The van der Waals surface area contributed by atoms with Gasteiger partial charge in [0.25, 0.3) is 0 Å². The predicted octanol–water partition coefficient (Wildman–Crippen LogP) is 19.4. The molecule has 4 aromatic carbocycles. The summed E-state index contributed by atoms with van der Waals surface area (Å²) in [5.41, 5.74) is 16.1. The van der Waals surface area contributed by atoms with Crippen LogP contribution in [0.2, 0.25) is 0 Å². The summed E-state index contributed by atoms with van der Waals surface area (Å²) in [5, 5.41) is 9.59. The second-order valence-corrected chi connectivity index (χ2v) is 26.0. The van der Waals surface area contributed by atoms with E-state index >= 15 is 0 Å². The highest BCUT2D eigenvalue weighted by Gasteiger charge is 2.30. The molecule has 362 valence electrons. The van der Waals surface area contributed by atoms with Crippen molar-refractivity contribution in [1.29, 1.82) is 0 Å². The molecule has 0 amide bonds. The average Bonchev–Trinajstić information content (AvgIpc) is 3.85. The van der Waals surface area contributed by atoms with Crippen LogP contribution in [0.5, 0.6) is 0 Å². The van der Waals surface area contributed by atoms with E-state index in [-0.39, 0.29) is 32.5 Å². The molecule has 9 aromatic rings. The maximum Gasteiger partial charge on any atom is 0.0733 e. The molecular formula is C65H82N4. The van der Waals surface area contributed by atoms with Crippen molar-refractivity contribution >= 4 is 87.2 Å². The fourth-order valence-electron chi connectivity index (χ4n) is 11.7. The second kappa shape index (κ2) is 16.7. The van der Waals surface area contributed by atoms with Crippen molar-refractivity contribution in [2.24, 2.45) is 0 Å². The highest BCUT2D eigenvalue weighted by Crippen LogP contribution is 2.45. The first-order valence-electron chi connectivity index (χ1n) is 26.6. The second-order valence-electron chi connectivity index (χ2n) is 26.0. The largest absolute Gasteiger partial charge is 0.353 e. The number of rotatable bonds is 9. The molecule has 0 aliphatic carbocycles. The van der Waals surface area contributed by atoms with Crippen LogP contribution in [0.25, 0.3) is 87.2 Å². The minimum atomic E-state index is -0.107. The summed E-state index contributed by atoms with van der Waals surface area (Å²) in [6, 6.07) is 29.5. The van der Waals surface area contributed by atoms with E-state index in [0.29, 0.717) is 0 Å². The Morgan fingerprint density at radius 3 is 0.768 bits per heavy atom. The smallest absolute Gasteiger partial charge is 0.0733 e. The van der Waals surface area contributed by atoms with Gasteiger partial charge in [0, 0.05) is 43.1 Å². The standard InChI is InChI=1S/C65H82N4/c1-19-23-64(17,22-4)42-34-52-48-30-38(60(5,6)7)26-44-46-28-40(62(11,12)13)32-50(58(46)68-56(44)48)54-36-43(65(18,24-20-2)25-21-3)37-55(67-54)51-33-41(63(14,15)16)29-47-45-27-39(61(8,9)10)31-49(53(35-42)66-52)57(45)69-59(47)51/h26-37,68-69H,19-25H2,1-18H3. The third-order valence-electron chi connectivity index (χ3n) is 16.4. The van der Waals surface area contributed by atoms with E-state index in [0.717, 1.165) is 111 Å². The first-order valence-corrected chi connectivity index (χ1v) is 26.6. The van der Waals surface area contributed by atoms with Gasteiger partial charge in [0.2, 0.25) is 0 Å². The molecule has 0 aliphatic rings. The minimum Gasteiger partial charge on any atom is -0.353 e. The average molecular weight is 919 g/mol. The summed E-state index contributed by atoms with van der Waals surface area (Å²) in [4.78, 5) is 20.2. The third kappa shape index (κ3) is 8.44. The van der Waals surface area contributed by atoms with E-state index in [1.165, 1.54) is 54.9 Å². The van der Waals surface area contributed by atoms with Crippen LogP contribution in [-0.2, 0) is 32.5 Å². The Kier molecular flexibility index (Phi) is 11.8. The number of nitrogens with one attached hydrogen (secondary N) is 2. The first-order chi connectivity index (χ1) is 32.2. The highest BCUT2D eigenvalue weighted by molar-refractivity contribution is 6.23. The molecule has 4 heteroatoms. The van der Waals surface area contributed by atoms with Crippen molar-refractivity contribution in [3.63, 3.8) is 0 Å². The molecule has 0 fully saturated rings. The maximum atomic E-state index is 5.92. The van der Waals surface area contributed by atoms with Gasteiger partial charge >= 0.3 is 0 Å². The van der Waals surface area contributed by atoms with Crippen LogP contribution in [0.3, 0.4) is 0 Å². The van der Waals surface area contributed by atoms with Gasteiger partial charge in [-0.15, -0.1) is 0 Å². The Morgan fingerprint density at radius 2 is 0.536 bits per heavy atom. The van der Waals surface area contributed by atoms with Gasteiger partial charge in [-0.25, -0.2) is 9.97 Å². The summed E-state index contributed by atoms with van der Waals surface area (Å²) < 4.78 is 0. The molecule has 69 heavy (non-hydrogen) atoms. The number of nitrogens with zero attached hydrogens (tertiary/aromatic N) is 2. The first kappa shape index (κ1) is 48.8. The number of pyridine rings is 2. The van der Waals surface area contributed by atoms with Crippen molar-refractivity contribution in [2.45, 2.75) is 202 Å². The summed E-state index contributed by atoms with van der Waals surface area (Å²) >= 11 is 0. The molecule has 8 bridgehead atoms.